The highest BCUT2D eigenvalue weighted by atomic mass is 35.5. The van der Waals surface area contributed by atoms with Crippen LogP contribution in [0.1, 0.15) is 0 Å². The molecule has 0 aliphatic rings. The number of hydrogen-bond donors (Lipinski definition) is 1. The monoisotopic (exact) mass is 344 g/mol. The Morgan fingerprint density at radius 3 is 2.96 bits per heavy atom. The van der Waals surface area contributed by atoms with Crippen LogP contribution >= 0.6 is 11.6 Å². The van der Waals surface area contributed by atoms with Crippen molar-refractivity contribution >= 4 is 28.7 Å². The maximum Gasteiger partial charge on any atom is 0.336 e. The second-order valence-electron chi connectivity index (χ2n) is 5.25. The summed E-state index contributed by atoms with van der Waals surface area (Å²) in [5.41, 5.74) is 4.45. The van der Waals surface area contributed by atoms with Crippen LogP contribution in [0.4, 0.5) is 4.79 Å². The summed E-state index contributed by atoms with van der Waals surface area (Å²) in [7, 11) is 1.70. The fourth-order valence-electron chi connectivity index (χ4n) is 2.20. The zero-order chi connectivity index (χ0) is 16.9. The van der Waals surface area contributed by atoms with Gasteiger partial charge in [0.25, 0.3) is 0 Å². The van der Waals surface area contributed by atoms with Gasteiger partial charge in [-0.15, -0.1) is 0 Å². The van der Waals surface area contributed by atoms with Gasteiger partial charge < -0.3 is 9.64 Å². The summed E-state index contributed by atoms with van der Waals surface area (Å²) < 4.78 is 7.19. The third-order valence-corrected chi connectivity index (χ3v) is 3.74. The Morgan fingerprint density at radius 2 is 2.12 bits per heavy atom. The van der Waals surface area contributed by atoms with Crippen LogP contribution in [0.15, 0.2) is 54.9 Å². The first-order valence-electron chi connectivity index (χ1n) is 7.46. The van der Waals surface area contributed by atoms with Gasteiger partial charge in [0, 0.05) is 12.1 Å². The Bertz CT molecular complexity index is 849. The molecular weight excluding hydrogens is 328 g/mol. The van der Waals surface area contributed by atoms with Gasteiger partial charge in [0.05, 0.1) is 17.6 Å². The van der Waals surface area contributed by atoms with Crippen molar-refractivity contribution in [2.75, 3.05) is 25.6 Å². The van der Waals surface area contributed by atoms with Crippen molar-refractivity contribution in [1.29, 1.82) is 0 Å². The molecule has 0 atom stereocenters. The molecule has 0 aliphatic carbocycles. The van der Waals surface area contributed by atoms with Crippen LogP contribution in [0.3, 0.4) is 0 Å². The first-order chi connectivity index (χ1) is 11.6. The first-order valence-corrected chi connectivity index (χ1v) is 7.84. The number of likely N-dealkylation sites (N-methyl/N-ethyl adjacent to an activating group) is 1. The maximum absolute atomic E-state index is 12.2. The number of urea groups is 1. The fourth-order valence-corrected chi connectivity index (χ4v) is 2.38. The van der Waals surface area contributed by atoms with Crippen LogP contribution in [0.5, 0.6) is 5.75 Å². The molecule has 0 saturated heterocycles. The lowest BCUT2D eigenvalue weighted by atomic mass is 10.3. The number of hydrogen-bond acceptors (Lipinski definition) is 3. The number of ether oxygens (including phenoxy) is 1. The van der Waals surface area contributed by atoms with E-state index in [1.165, 1.54) is 0 Å². The van der Waals surface area contributed by atoms with Crippen LogP contribution < -0.4 is 10.2 Å². The van der Waals surface area contributed by atoms with E-state index in [0.717, 1.165) is 11.0 Å². The van der Waals surface area contributed by atoms with Crippen molar-refractivity contribution in [3.05, 3.63) is 59.9 Å². The lowest BCUT2D eigenvalue weighted by Crippen LogP contribution is -2.38. The van der Waals surface area contributed by atoms with Crippen molar-refractivity contribution in [2.24, 2.45) is 0 Å². The lowest BCUT2D eigenvalue weighted by molar-refractivity contribution is 0.205. The topological polar surface area (TPSA) is 59.4 Å². The van der Waals surface area contributed by atoms with E-state index in [0.29, 0.717) is 23.9 Å². The standard InChI is InChI=1S/C17H17ClN4O2/c1-21(9-10-24-14-6-4-5-13(18)11-14)17(23)20-22-12-19-15-7-2-3-8-16(15)22/h2-8,11-12H,9-10H2,1H3,(H,20,23). The smallest absolute Gasteiger partial charge is 0.336 e. The SMILES string of the molecule is CN(CCOc1cccc(Cl)c1)C(=O)Nn1cnc2ccccc21. The highest BCUT2D eigenvalue weighted by Crippen LogP contribution is 2.17. The van der Waals surface area contributed by atoms with Crippen molar-refractivity contribution in [3.63, 3.8) is 0 Å². The molecule has 24 heavy (non-hydrogen) atoms. The molecule has 0 radical (unpaired) electrons. The predicted octanol–water partition coefficient (Wildman–Crippen LogP) is 3.36. The Balaban J connectivity index is 1.53. The third kappa shape index (κ3) is 3.78. The summed E-state index contributed by atoms with van der Waals surface area (Å²) >= 11 is 5.90. The van der Waals surface area contributed by atoms with E-state index >= 15 is 0 Å². The molecular formula is C17H17ClN4O2. The second-order valence-corrected chi connectivity index (χ2v) is 5.68. The van der Waals surface area contributed by atoms with Crippen molar-refractivity contribution in [1.82, 2.24) is 14.6 Å². The normalized spacial score (nSPS) is 10.6. The van der Waals surface area contributed by atoms with E-state index in [1.807, 2.05) is 36.4 Å². The number of imidazole rings is 1. The van der Waals surface area contributed by atoms with Crippen LogP contribution in [0.2, 0.25) is 5.02 Å². The molecule has 0 unspecified atom stereocenters. The zero-order valence-corrected chi connectivity index (χ0v) is 13.9. The Morgan fingerprint density at radius 1 is 1.29 bits per heavy atom. The van der Waals surface area contributed by atoms with Gasteiger partial charge in [-0.3, -0.25) is 0 Å². The summed E-state index contributed by atoms with van der Waals surface area (Å²) in [5, 5.41) is 0.616. The third-order valence-electron chi connectivity index (χ3n) is 3.51. The largest absolute Gasteiger partial charge is 0.492 e. The van der Waals surface area contributed by atoms with E-state index in [1.54, 1.807) is 35.1 Å². The summed E-state index contributed by atoms with van der Waals surface area (Å²) in [6, 6.07) is 14.5. The highest BCUT2D eigenvalue weighted by molar-refractivity contribution is 6.30. The Hall–Kier alpha value is -2.73. The number of benzene rings is 2. The molecule has 0 spiro atoms. The quantitative estimate of drug-likeness (QED) is 0.772. The summed E-state index contributed by atoms with van der Waals surface area (Å²) in [6.07, 6.45) is 1.58. The number of rotatable bonds is 5. The average Bonchev–Trinajstić information content (AvgIpc) is 2.98. The summed E-state index contributed by atoms with van der Waals surface area (Å²) in [4.78, 5) is 18.0. The van der Waals surface area contributed by atoms with Gasteiger partial charge >= 0.3 is 6.03 Å². The highest BCUT2D eigenvalue weighted by Gasteiger charge is 2.10. The molecule has 3 rings (SSSR count). The molecule has 7 heteroatoms. The van der Waals surface area contributed by atoms with E-state index in [2.05, 4.69) is 10.4 Å². The molecule has 0 fully saturated rings. The molecule has 1 aromatic heterocycles. The van der Waals surface area contributed by atoms with E-state index < -0.39 is 0 Å². The molecule has 1 heterocycles. The number of halogens is 1. The van der Waals surface area contributed by atoms with E-state index in [9.17, 15) is 4.79 Å². The Kier molecular flexibility index (Phi) is 4.86. The van der Waals surface area contributed by atoms with Gasteiger partial charge in [-0.25, -0.2) is 19.9 Å². The minimum atomic E-state index is -0.243. The minimum absolute atomic E-state index is 0.243. The van der Waals surface area contributed by atoms with Crippen molar-refractivity contribution in [3.8, 4) is 5.75 Å². The minimum Gasteiger partial charge on any atom is -0.492 e. The molecule has 3 aromatic rings. The average molecular weight is 345 g/mol. The van der Waals surface area contributed by atoms with Crippen LogP contribution in [-0.4, -0.2) is 40.8 Å². The molecule has 124 valence electrons. The predicted molar refractivity (Wildman–Crippen MR) is 94.1 cm³/mol. The lowest BCUT2D eigenvalue weighted by Gasteiger charge is -2.18. The van der Waals surface area contributed by atoms with E-state index in [4.69, 9.17) is 16.3 Å². The second kappa shape index (κ2) is 7.23. The van der Waals surface area contributed by atoms with Crippen molar-refractivity contribution in [2.45, 2.75) is 0 Å². The Labute approximate surface area is 144 Å². The number of para-hydroxylation sites is 2. The molecule has 0 saturated carbocycles. The number of carbonyl (C=O) groups excluding carboxylic acids is 1. The molecule has 2 aromatic carbocycles. The molecule has 0 bridgehead atoms. The zero-order valence-electron chi connectivity index (χ0n) is 13.1. The molecule has 0 aliphatic heterocycles. The number of nitrogens with one attached hydrogen (secondary N) is 1. The van der Waals surface area contributed by atoms with Gasteiger partial charge in [0.2, 0.25) is 0 Å². The van der Waals surface area contributed by atoms with Gasteiger partial charge in [-0.1, -0.05) is 29.8 Å². The van der Waals surface area contributed by atoms with Gasteiger partial charge in [-0.2, -0.15) is 0 Å². The number of aromatic nitrogens is 2. The van der Waals surface area contributed by atoms with E-state index in [-0.39, 0.29) is 6.03 Å². The molecule has 1 N–H and O–H groups in total. The maximum atomic E-state index is 12.2. The van der Waals surface area contributed by atoms with Crippen LogP contribution in [0, 0.1) is 0 Å². The van der Waals surface area contributed by atoms with Crippen LogP contribution in [0.25, 0.3) is 11.0 Å². The van der Waals surface area contributed by atoms with Gasteiger partial charge in [-0.05, 0) is 30.3 Å². The number of amides is 2. The molecule has 6 nitrogen and oxygen atoms in total. The van der Waals surface area contributed by atoms with Crippen molar-refractivity contribution < 1.29 is 9.53 Å². The van der Waals surface area contributed by atoms with Gasteiger partial charge in [0.1, 0.15) is 18.7 Å². The summed E-state index contributed by atoms with van der Waals surface area (Å²) in [6.45, 7) is 0.805. The van der Waals surface area contributed by atoms with Crippen LogP contribution in [-0.2, 0) is 0 Å². The molecule has 2 amide bonds. The summed E-state index contributed by atoms with van der Waals surface area (Å²) in [5.74, 6) is 0.678. The number of fused-ring (bicyclic) bond motifs is 1. The fraction of sp³-hybridized carbons (Fsp3) is 0.176. The number of nitrogens with zero attached hydrogens (tertiary/aromatic N) is 3. The number of carbonyl (C=O) groups is 1. The first kappa shape index (κ1) is 16.1. The van der Waals surface area contributed by atoms with Gasteiger partial charge in [0.15, 0.2) is 0 Å².